The summed E-state index contributed by atoms with van der Waals surface area (Å²) in [4.78, 5) is 98.7. The molecule has 6 amide bonds. The van der Waals surface area contributed by atoms with E-state index in [4.69, 9.17) is 17.2 Å². The average Bonchev–Trinajstić information content (AvgIpc) is 3.85. The van der Waals surface area contributed by atoms with Crippen molar-refractivity contribution in [2.75, 3.05) is 18.8 Å². The molecule has 6 atom stereocenters. The molecule has 0 spiro atoms. The number of thiol groups is 1. The Kier molecular flexibility index (Phi) is 17.2. The number of carbonyl (C=O) groups excluding carboxylic acids is 6. The van der Waals surface area contributed by atoms with Gasteiger partial charge in [0.2, 0.25) is 35.4 Å². The number of hydrogen-bond donors (Lipinski definition) is 11. The van der Waals surface area contributed by atoms with Gasteiger partial charge in [-0.1, -0.05) is 12.1 Å². The monoisotopic (exact) mass is 774 g/mol. The number of hydrogen-bond acceptors (Lipinski definition) is 12. The number of aromatic amines is 1. The van der Waals surface area contributed by atoms with E-state index < -0.39 is 77.7 Å². The standard InChI is InChI=1S/C34H50N10O9S/c35-12-2-1-4-23(34(52)53)40-30(48)25(15-20-16-38-18-39-20)41-31(49)26(17-54)43-29(47)24(14-19-6-8-21(45)9-7-19)42-32(50)27-5-3-13-44(27)33(51)22(36)10-11-28(37)46/h6-9,16,18,22-27,45,54H,1-5,10-15,17,35-36H2,(H2,37,46)(H,38,39)(H,40,48)(H,41,49)(H,42,50)(H,43,47)(H,52,53)/t22-,23-,24-,25-,26-,27-/m0/s1. The van der Waals surface area contributed by atoms with E-state index >= 15 is 0 Å². The van der Waals surface area contributed by atoms with E-state index in [2.05, 4.69) is 43.9 Å². The number of carboxylic acids is 1. The van der Waals surface area contributed by atoms with Crippen molar-refractivity contribution in [1.82, 2.24) is 36.1 Å². The number of likely N-dealkylation sites (tertiary alicyclic amines) is 1. The number of aromatic nitrogens is 2. The van der Waals surface area contributed by atoms with Crippen LogP contribution in [0.15, 0.2) is 36.8 Å². The Morgan fingerprint density at radius 3 is 2.13 bits per heavy atom. The summed E-state index contributed by atoms with van der Waals surface area (Å²) in [6.07, 6.45) is 4.39. The number of aliphatic carboxylic acids is 1. The van der Waals surface area contributed by atoms with Gasteiger partial charge in [0.05, 0.1) is 12.4 Å². The van der Waals surface area contributed by atoms with Crippen molar-refractivity contribution in [3.8, 4) is 5.75 Å². The Balaban J connectivity index is 1.78. The summed E-state index contributed by atoms with van der Waals surface area (Å²) >= 11 is 4.25. The maximum atomic E-state index is 13.8. The van der Waals surface area contributed by atoms with Crippen LogP contribution in [0.5, 0.6) is 5.75 Å². The van der Waals surface area contributed by atoms with E-state index in [1.807, 2.05) is 0 Å². The van der Waals surface area contributed by atoms with Crippen LogP contribution in [0.1, 0.15) is 56.2 Å². The van der Waals surface area contributed by atoms with E-state index in [-0.39, 0.29) is 56.6 Å². The predicted molar refractivity (Wildman–Crippen MR) is 197 cm³/mol. The van der Waals surface area contributed by atoms with E-state index in [1.165, 1.54) is 29.6 Å². The van der Waals surface area contributed by atoms with Crippen molar-refractivity contribution < 1.29 is 43.8 Å². The van der Waals surface area contributed by atoms with Gasteiger partial charge in [0.1, 0.15) is 36.0 Å². The highest BCUT2D eigenvalue weighted by Gasteiger charge is 2.38. The van der Waals surface area contributed by atoms with Gasteiger partial charge in [0, 0.05) is 43.5 Å². The number of nitrogens with one attached hydrogen (secondary N) is 5. The van der Waals surface area contributed by atoms with Crippen LogP contribution in [0.2, 0.25) is 0 Å². The highest BCUT2D eigenvalue weighted by atomic mass is 32.1. The van der Waals surface area contributed by atoms with Gasteiger partial charge >= 0.3 is 5.97 Å². The number of H-pyrrole nitrogens is 1. The predicted octanol–water partition coefficient (Wildman–Crippen LogP) is -2.43. The van der Waals surface area contributed by atoms with Gasteiger partial charge < -0.3 is 58.6 Å². The summed E-state index contributed by atoms with van der Waals surface area (Å²) in [5, 5.41) is 29.8. The molecule has 54 heavy (non-hydrogen) atoms. The SMILES string of the molecule is NCCCC[C@H](NC(=O)[C@H](Cc1cnc[nH]1)NC(=O)[C@H](CS)NC(=O)[C@H](Cc1ccc(O)cc1)NC(=O)[C@@H]1CCCN1C(=O)[C@@H](N)CCC(N)=O)C(=O)O. The second kappa shape index (κ2) is 21.5. The normalized spacial score (nSPS) is 16.6. The molecule has 1 aliphatic heterocycles. The van der Waals surface area contributed by atoms with Gasteiger partial charge in [-0.15, -0.1) is 0 Å². The van der Waals surface area contributed by atoms with Crippen LogP contribution in [0.3, 0.4) is 0 Å². The maximum absolute atomic E-state index is 13.8. The molecule has 1 aliphatic rings. The number of nitrogens with two attached hydrogens (primary N) is 3. The number of benzene rings is 1. The fourth-order valence-corrected chi connectivity index (χ4v) is 6.13. The summed E-state index contributed by atoms with van der Waals surface area (Å²) in [5.41, 5.74) is 17.7. The van der Waals surface area contributed by atoms with Crippen LogP contribution < -0.4 is 38.5 Å². The number of primary amides is 1. The van der Waals surface area contributed by atoms with E-state index in [1.54, 1.807) is 12.1 Å². The Labute approximate surface area is 317 Å². The smallest absolute Gasteiger partial charge is 0.326 e. The Morgan fingerprint density at radius 1 is 0.907 bits per heavy atom. The number of amides is 6. The summed E-state index contributed by atoms with van der Waals surface area (Å²) in [6, 6.07) is -1.28. The molecule has 0 radical (unpaired) electrons. The molecular weight excluding hydrogens is 725 g/mol. The van der Waals surface area contributed by atoms with E-state index in [9.17, 15) is 43.8 Å². The van der Waals surface area contributed by atoms with Gasteiger partial charge in [-0.25, -0.2) is 9.78 Å². The van der Waals surface area contributed by atoms with Crippen LogP contribution in [-0.2, 0) is 46.4 Å². The second-order valence-electron chi connectivity index (χ2n) is 13.0. The zero-order valence-electron chi connectivity index (χ0n) is 29.7. The highest BCUT2D eigenvalue weighted by Crippen LogP contribution is 2.20. The van der Waals surface area contributed by atoms with Crippen molar-refractivity contribution in [3.05, 3.63) is 48.0 Å². The van der Waals surface area contributed by atoms with Gasteiger partial charge in [0.15, 0.2) is 0 Å². The Hall–Kier alpha value is -5.21. The molecule has 0 saturated carbocycles. The lowest BCUT2D eigenvalue weighted by Crippen LogP contribution is -2.60. The number of phenols is 1. The number of unbranched alkanes of at least 4 members (excludes halogenated alkanes) is 1. The third kappa shape index (κ3) is 13.3. The second-order valence-corrected chi connectivity index (χ2v) is 13.4. The molecule has 0 unspecified atom stereocenters. The number of imidazole rings is 1. The Bertz CT molecular complexity index is 1590. The summed E-state index contributed by atoms with van der Waals surface area (Å²) in [5.74, 6) is -5.73. The number of aromatic hydroxyl groups is 1. The first-order chi connectivity index (χ1) is 25.7. The van der Waals surface area contributed by atoms with Crippen LogP contribution in [0.25, 0.3) is 0 Å². The zero-order chi connectivity index (χ0) is 39.8. The third-order valence-corrected chi connectivity index (χ3v) is 9.22. The minimum Gasteiger partial charge on any atom is -0.508 e. The summed E-state index contributed by atoms with van der Waals surface area (Å²) in [6.45, 7) is 0.578. The van der Waals surface area contributed by atoms with E-state index in [0.717, 1.165) is 0 Å². The lowest BCUT2D eigenvalue weighted by Gasteiger charge is -2.29. The van der Waals surface area contributed by atoms with Crippen molar-refractivity contribution in [1.29, 1.82) is 0 Å². The molecule has 20 heteroatoms. The van der Waals surface area contributed by atoms with Gasteiger partial charge in [-0.2, -0.15) is 12.6 Å². The first-order valence-electron chi connectivity index (χ1n) is 17.6. The van der Waals surface area contributed by atoms with Gasteiger partial charge in [-0.3, -0.25) is 28.8 Å². The fourth-order valence-electron chi connectivity index (χ4n) is 5.87. The molecule has 1 aromatic carbocycles. The average molecular weight is 775 g/mol. The number of phenolic OH excluding ortho intramolecular Hbond substituents is 1. The topological polar surface area (TPSA) is 318 Å². The van der Waals surface area contributed by atoms with E-state index in [0.29, 0.717) is 37.1 Å². The van der Waals surface area contributed by atoms with Crippen molar-refractivity contribution >= 4 is 54.0 Å². The molecule has 13 N–H and O–H groups in total. The summed E-state index contributed by atoms with van der Waals surface area (Å²) in [7, 11) is 0. The number of nitrogens with zero attached hydrogens (tertiary/aromatic N) is 2. The van der Waals surface area contributed by atoms with Crippen LogP contribution in [0, 0.1) is 0 Å². The molecule has 296 valence electrons. The van der Waals surface area contributed by atoms with Gasteiger partial charge in [-0.05, 0) is 62.8 Å². The highest BCUT2D eigenvalue weighted by molar-refractivity contribution is 7.80. The molecule has 0 aliphatic carbocycles. The van der Waals surface area contributed by atoms with Crippen molar-refractivity contribution in [2.24, 2.45) is 17.2 Å². The molecule has 2 heterocycles. The third-order valence-electron chi connectivity index (χ3n) is 8.86. The van der Waals surface area contributed by atoms with Crippen molar-refractivity contribution in [3.63, 3.8) is 0 Å². The lowest BCUT2D eigenvalue weighted by atomic mass is 10.0. The minimum absolute atomic E-state index is 0.00257. The number of rotatable bonds is 22. The van der Waals surface area contributed by atoms with Crippen LogP contribution in [-0.4, -0.2) is 122 Å². The fraction of sp³-hybridized carbons (Fsp3) is 0.529. The molecular formula is C34H50N10O9S. The molecule has 19 nitrogen and oxygen atoms in total. The largest absolute Gasteiger partial charge is 0.508 e. The molecule has 2 aromatic rings. The number of carboxylic acid groups (broad SMARTS) is 1. The number of carbonyl (C=O) groups is 7. The maximum Gasteiger partial charge on any atom is 0.326 e. The van der Waals surface area contributed by atoms with Crippen molar-refractivity contribution in [2.45, 2.75) is 94.0 Å². The summed E-state index contributed by atoms with van der Waals surface area (Å²) < 4.78 is 0. The van der Waals surface area contributed by atoms with Crippen LogP contribution >= 0.6 is 12.6 Å². The molecule has 1 saturated heterocycles. The zero-order valence-corrected chi connectivity index (χ0v) is 30.6. The first-order valence-corrected chi connectivity index (χ1v) is 18.2. The molecule has 1 fully saturated rings. The molecule has 3 rings (SSSR count). The quantitative estimate of drug-likeness (QED) is 0.0440. The van der Waals surface area contributed by atoms with Crippen LogP contribution in [0.4, 0.5) is 0 Å². The molecule has 0 bridgehead atoms. The first kappa shape index (κ1) is 43.2. The minimum atomic E-state index is -1.33. The lowest BCUT2D eigenvalue weighted by molar-refractivity contribution is -0.142. The van der Waals surface area contributed by atoms with Gasteiger partial charge in [0.25, 0.3) is 0 Å². The molecule has 1 aromatic heterocycles. The Morgan fingerprint density at radius 2 is 1.54 bits per heavy atom.